The largest absolute Gasteiger partial charge is 0.494 e. The summed E-state index contributed by atoms with van der Waals surface area (Å²) in [5, 5.41) is 3.26. The van der Waals surface area contributed by atoms with Crippen molar-refractivity contribution in [2.45, 2.75) is 32.6 Å². The number of anilines is 2. The Morgan fingerprint density at radius 2 is 1.86 bits per heavy atom. The SMILES string of the molecule is CNC(=O)OCN1C(=O)CCc2ccc(OCCCCN3CCN(c4cccc(C)c4Cl)CC3)cc21. The molecule has 2 aromatic rings. The molecule has 9 heteroatoms. The van der Waals surface area contributed by atoms with Gasteiger partial charge in [-0.15, -0.1) is 0 Å². The molecule has 0 saturated carbocycles. The van der Waals surface area contributed by atoms with Crippen molar-refractivity contribution in [2.75, 3.05) is 62.9 Å². The highest BCUT2D eigenvalue weighted by atomic mass is 35.5. The highest BCUT2D eigenvalue weighted by Crippen LogP contribution is 2.32. The molecule has 2 aromatic carbocycles. The van der Waals surface area contributed by atoms with Crippen molar-refractivity contribution in [1.29, 1.82) is 0 Å². The van der Waals surface area contributed by atoms with Crippen LogP contribution in [0.4, 0.5) is 16.2 Å². The molecule has 1 fully saturated rings. The van der Waals surface area contributed by atoms with E-state index in [9.17, 15) is 9.59 Å². The van der Waals surface area contributed by atoms with Gasteiger partial charge in [-0.1, -0.05) is 29.8 Å². The lowest BCUT2D eigenvalue weighted by Gasteiger charge is -2.36. The lowest BCUT2D eigenvalue weighted by atomic mass is 10.0. The molecule has 0 spiro atoms. The Morgan fingerprint density at radius 1 is 1.06 bits per heavy atom. The first kappa shape index (κ1) is 26.1. The molecule has 2 aliphatic rings. The fourth-order valence-electron chi connectivity index (χ4n) is 4.66. The fourth-order valence-corrected chi connectivity index (χ4v) is 4.91. The third kappa shape index (κ3) is 6.42. The Labute approximate surface area is 218 Å². The molecular formula is C27H35ClN4O4. The highest BCUT2D eigenvalue weighted by Gasteiger charge is 2.25. The fraction of sp³-hybridized carbons (Fsp3) is 0.481. The summed E-state index contributed by atoms with van der Waals surface area (Å²) in [6.45, 7) is 7.60. The summed E-state index contributed by atoms with van der Waals surface area (Å²) >= 11 is 6.51. The second-order valence-electron chi connectivity index (χ2n) is 9.22. The van der Waals surface area contributed by atoms with Crippen LogP contribution in [0.5, 0.6) is 5.75 Å². The zero-order chi connectivity index (χ0) is 25.5. The number of alkyl carbamates (subject to hydrolysis) is 1. The van der Waals surface area contributed by atoms with Crippen molar-refractivity contribution in [2.24, 2.45) is 0 Å². The van der Waals surface area contributed by atoms with Crippen LogP contribution in [0.2, 0.25) is 5.02 Å². The molecule has 0 bridgehead atoms. The van der Waals surface area contributed by atoms with Crippen LogP contribution in [-0.2, 0) is 16.0 Å². The number of carbonyl (C=O) groups is 2. The summed E-state index contributed by atoms with van der Waals surface area (Å²) in [4.78, 5) is 30.2. The van der Waals surface area contributed by atoms with Gasteiger partial charge in [0.15, 0.2) is 6.73 Å². The van der Waals surface area contributed by atoms with Gasteiger partial charge in [0.05, 0.1) is 23.0 Å². The van der Waals surface area contributed by atoms with Crippen molar-refractivity contribution in [1.82, 2.24) is 10.2 Å². The number of fused-ring (bicyclic) bond motifs is 1. The molecule has 36 heavy (non-hydrogen) atoms. The van der Waals surface area contributed by atoms with Crippen molar-refractivity contribution >= 4 is 35.0 Å². The lowest BCUT2D eigenvalue weighted by Crippen LogP contribution is -2.46. The van der Waals surface area contributed by atoms with Crippen LogP contribution in [-0.4, -0.2) is 70.0 Å². The molecule has 0 atom stereocenters. The van der Waals surface area contributed by atoms with E-state index in [4.69, 9.17) is 21.1 Å². The van der Waals surface area contributed by atoms with E-state index >= 15 is 0 Å². The molecule has 194 valence electrons. The average molecular weight is 515 g/mol. The summed E-state index contributed by atoms with van der Waals surface area (Å²) in [7, 11) is 1.49. The van der Waals surface area contributed by atoms with E-state index in [1.807, 2.05) is 31.2 Å². The number of benzene rings is 2. The van der Waals surface area contributed by atoms with Crippen LogP contribution < -0.4 is 19.9 Å². The van der Waals surface area contributed by atoms with E-state index in [2.05, 4.69) is 27.2 Å². The van der Waals surface area contributed by atoms with Gasteiger partial charge in [0.1, 0.15) is 5.75 Å². The minimum Gasteiger partial charge on any atom is -0.494 e. The summed E-state index contributed by atoms with van der Waals surface area (Å²) in [6, 6.07) is 12.0. The predicted molar refractivity (Wildman–Crippen MR) is 142 cm³/mol. The number of halogens is 1. The molecule has 0 unspecified atom stereocenters. The minimum absolute atomic E-state index is 0.0617. The van der Waals surface area contributed by atoms with E-state index in [1.165, 1.54) is 11.9 Å². The van der Waals surface area contributed by atoms with Crippen molar-refractivity contribution in [3.63, 3.8) is 0 Å². The maximum Gasteiger partial charge on any atom is 0.408 e. The maximum atomic E-state index is 12.4. The topological polar surface area (TPSA) is 74.3 Å². The minimum atomic E-state index is -0.567. The van der Waals surface area contributed by atoms with Gasteiger partial charge in [-0.05, 0) is 56.0 Å². The summed E-state index contributed by atoms with van der Waals surface area (Å²) < 4.78 is 11.1. The molecular weight excluding hydrogens is 480 g/mol. The van der Waals surface area contributed by atoms with E-state index < -0.39 is 6.09 Å². The summed E-state index contributed by atoms with van der Waals surface area (Å²) in [5.74, 6) is 0.658. The Balaban J connectivity index is 1.20. The molecule has 2 amide bonds. The number of nitrogens with one attached hydrogen (secondary N) is 1. The van der Waals surface area contributed by atoms with Crippen LogP contribution in [0.3, 0.4) is 0 Å². The van der Waals surface area contributed by atoms with Crippen LogP contribution in [0.15, 0.2) is 36.4 Å². The number of ether oxygens (including phenoxy) is 2. The third-order valence-electron chi connectivity index (χ3n) is 6.81. The van der Waals surface area contributed by atoms with Crippen molar-refractivity contribution in [3.8, 4) is 5.75 Å². The smallest absolute Gasteiger partial charge is 0.408 e. The lowest BCUT2D eigenvalue weighted by molar-refractivity contribution is -0.119. The molecule has 4 rings (SSSR count). The average Bonchev–Trinajstić information content (AvgIpc) is 2.89. The molecule has 1 saturated heterocycles. The Hall–Kier alpha value is -2.97. The molecule has 0 radical (unpaired) electrons. The molecule has 0 aromatic heterocycles. The second kappa shape index (κ2) is 12.3. The maximum absolute atomic E-state index is 12.4. The first-order valence-corrected chi connectivity index (χ1v) is 13.0. The number of hydrogen-bond donors (Lipinski definition) is 1. The highest BCUT2D eigenvalue weighted by molar-refractivity contribution is 6.34. The van der Waals surface area contributed by atoms with Gasteiger partial charge in [-0.25, -0.2) is 4.79 Å². The quantitative estimate of drug-likeness (QED) is 0.505. The molecule has 0 aliphatic carbocycles. The number of hydrogen-bond acceptors (Lipinski definition) is 6. The van der Waals surface area contributed by atoms with Crippen LogP contribution in [0.1, 0.15) is 30.4 Å². The summed E-state index contributed by atoms with van der Waals surface area (Å²) in [5.41, 5.74) is 4.05. The second-order valence-corrected chi connectivity index (χ2v) is 9.59. The number of unbranched alkanes of at least 4 members (excludes halogenated alkanes) is 1. The van der Waals surface area contributed by atoms with Crippen LogP contribution in [0, 0.1) is 6.92 Å². The number of carbonyl (C=O) groups excluding carboxylic acids is 2. The first-order valence-electron chi connectivity index (χ1n) is 12.6. The van der Waals surface area contributed by atoms with Crippen molar-refractivity contribution in [3.05, 3.63) is 52.5 Å². The van der Waals surface area contributed by atoms with Crippen LogP contribution >= 0.6 is 11.6 Å². The number of nitrogens with zero attached hydrogens (tertiary/aromatic N) is 3. The Morgan fingerprint density at radius 3 is 2.64 bits per heavy atom. The molecule has 2 aliphatic heterocycles. The third-order valence-corrected chi connectivity index (χ3v) is 7.30. The van der Waals surface area contributed by atoms with Gasteiger partial charge < -0.3 is 19.7 Å². The Kier molecular flexibility index (Phi) is 8.93. The number of aryl methyl sites for hydroxylation is 2. The number of rotatable bonds is 9. The number of amides is 2. The van der Waals surface area contributed by atoms with Crippen LogP contribution in [0.25, 0.3) is 0 Å². The standard InChI is InChI=1S/C27H35ClN4O4/c1-20-6-5-7-23(26(20)28)31-15-13-30(14-16-31)12-3-4-17-35-22-10-8-21-9-11-25(33)32(24(21)18-22)19-36-27(34)29-2/h5-8,10,18H,3-4,9,11-17,19H2,1-2H3,(H,29,34). The van der Waals surface area contributed by atoms with E-state index in [0.29, 0.717) is 19.4 Å². The van der Waals surface area contributed by atoms with Gasteiger partial charge in [-0.2, -0.15) is 0 Å². The van der Waals surface area contributed by atoms with Gasteiger partial charge in [0, 0.05) is 45.7 Å². The molecule has 1 N–H and O–H groups in total. The van der Waals surface area contributed by atoms with E-state index in [1.54, 1.807) is 0 Å². The Bertz CT molecular complexity index is 1070. The van der Waals surface area contributed by atoms with Gasteiger partial charge in [0.2, 0.25) is 5.91 Å². The zero-order valence-electron chi connectivity index (χ0n) is 21.1. The normalized spacial score (nSPS) is 16.0. The first-order chi connectivity index (χ1) is 17.5. The van der Waals surface area contributed by atoms with E-state index in [0.717, 1.165) is 78.8 Å². The van der Waals surface area contributed by atoms with E-state index in [-0.39, 0.29) is 12.6 Å². The van der Waals surface area contributed by atoms with Gasteiger partial charge >= 0.3 is 6.09 Å². The van der Waals surface area contributed by atoms with Gasteiger partial charge in [0.25, 0.3) is 0 Å². The molecule has 2 heterocycles. The number of piperazine rings is 1. The molecule has 8 nitrogen and oxygen atoms in total. The van der Waals surface area contributed by atoms with Crippen molar-refractivity contribution < 1.29 is 19.1 Å². The summed E-state index contributed by atoms with van der Waals surface area (Å²) in [6.07, 6.45) is 2.51. The van der Waals surface area contributed by atoms with Gasteiger partial charge in [-0.3, -0.25) is 14.6 Å². The predicted octanol–water partition coefficient (Wildman–Crippen LogP) is 4.22. The zero-order valence-corrected chi connectivity index (χ0v) is 21.9. The monoisotopic (exact) mass is 514 g/mol.